The van der Waals surface area contributed by atoms with Crippen molar-refractivity contribution in [2.24, 2.45) is 10.9 Å². The molecule has 3 heteroatoms. The average Bonchev–Trinajstić information content (AvgIpc) is 2.40. The van der Waals surface area contributed by atoms with Crippen LogP contribution in [0.25, 0.3) is 0 Å². The third-order valence-electron chi connectivity index (χ3n) is 2.37. The first-order valence-corrected chi connectivity index (χ1v) is 4.32. The molecule has 2 aliphatic heterocycles. The molecule has 0 spiro atoms. The van der Waals surface area contributed by atoms with Crippen molar-refractivity contribution < 1.29 is 0 Å². The smallest absolute Gasteiger partial charge is 0.0997 e. The number of aliphatic imine (C=N–C) groups is 1. The second-order valence-electron chi connectivity index (χ2n) is 3.65. The van der Waals surface area contributed by atoms with Crippen LogP contribution in [0.2, 0.25) is 0 Å². The highest BCUT2D eigenvalue weighted by Crippen LogP contribution is 2.14. The van der Waals surface area contributed by atoms with E-state index in [4.69, 9.17) is 0 Å². The van der Waals surface area contributed by atoms with Crippen molar-refractivity contribution in [3.8, 4) is 0 Å². The van der Waals surface area contributed by atoms with Crippen LogP contribution in [0.3, 0.4) is 0 Å². The van der Waals surface area contributed by atoms with Gasteiger partial charge in [0.15, 0.2) is 0 Å². The van der Waals surface area contributed by atoms with Gasteiger partial charge in [-0.05, 0) is 0 Å². The van der Waals surface area contributed by atoms with Crippen molar-refractivity contribution in [1.82, 2.24) is 10.6 Å². The molecule has 11 heavy (non-hydrogen) atoms. The maximum Gasteiger partial charge on any atom is 0.0997 e. The van der Waals surface area contributed by atoms with Crippen LogP contribution in [-0.2, 0) is 0 Å². The van der Waals surface area contributed by atoms with Crippen molar-refractivity contribution in [2.45, 2.75) is 25.9 Å². The minimum atomic E-state index is 0.507. The molecular formula is C8H15N3. The Kier molecular flexibility index (Phi) is 1.60. The van der Waals surface area contributed by atoms with Crippen LogP contribution in [0, 0.1) is 5.92 Å². The Bertz CT molecular complexity index is 186. The molecule has 0 saturated carbocycles. The highest BCUT2D eigenvalue weighted by atomic mass is 15.2. The fourth-order valence-corrected chi connectivity index (χ4v) is 1.67. The summed E-state index contributed by atoms with van der Waals surface area (Å²) in [6, 6.07) is 1.08. The zero-order valence-electron chi connectivity index (χ0n) is 7.09. The molecule has 2 aliphatic rings. The van der Waals surface area contributed by atoms with Gasteiger partial charge < -0.3 is 10.6 Å². The Balaban J connectivity index is 2.07. The molecule has 62 valence electrons. The molecule has 0 aromatic heterocycles. The van der Waals surface area contributed by atoms with Crippen molar-refractivity contribution in [2.75, 3.05) is 13.1 Å². The molecule has 1 fully saturated rings. The van der Waals surface area contributed by atoms with Gasteiger partial charge in [0, 0.05) is 19.0 Å². The zero-order chi connectivity index (χ0) is 7.84. The third-order valence-corrected chi connectivity index (χ3v) is 2.37. The molecule has 2 heterocycles. The summed E-state index contributed by atoms with van der Waals surface area (Å²) in [4.78, 5) is 4.59. The van der Waals surface area contributed by atoms with Crippen LogP contribution in [-0.4, -0.2) is 31.0 Å². The molecule has 0 aromatic rings. The lowest BCUT2D eigenvalue weighted by Gasteiger charge is -2.09. The van der Waals surface area contributed by atoms with Gasteiger partial charge in [0.2, 0.25) is 0 Å². The predicted octanol–water partition coefficient (Wildman–Crippen LogP) is -0.0155. The molecule has 0 aromatic carbocycles. The third kappa shape index (κ3) is 1.13. The Morgan fingerprint density at radius 2 is 2.27 bits per heavy atom. The van der Waals surface area contributed by atoms with Crippen LogP contribution in [0.5, 0.6) is 0 Å². The lowest BCUT2D eigenvalue weighted by molar-refractivity contribution is 0.631. The zero-order valence-corrected chi connectivity index (χ0v) is 7.09. The first-order chi connectivity index (χ1) is 5.27. The number of hydrogen-bond acceptors (Lipinski definition) is 3. The minimum Gasteiger partial charge on any atom is -0.367 e. The number of amidine groups is 1. The van der Waals surface area contributed by atoms with E-state index in [1.807, 2.05) is 0 Å². The van der Waals surface area contributed by atoms with Gasteiger partial charge in [0.25, 0.3) is 0 Å². The van der Waals surface area contributed by atoms with E-state index >= 15 is 0 Å². The normalized spacial score (nSPS) is 35.4. The summed E-state index contributed by atoms with van der Waals surface area (Å²) in [5.41, 5.74) is 0. The molecule has 1 saturated heterocycles. The Labute approximate surface area is 67.3 Å². The molecule has 0 bridgehead atoms. The van der Waals surface area contributed by atoms with Crippen molar-refractivity contribution >= 4 is 5.84 Å². The molecule has 0 radical (unpaired) electrons. The second-order valence-corrected chi connectivity index (χ2v) is 3.65. The number of nitrogens with zero attached hydrogens (tertiary/aromatic N) is 1. The number of fused-ring (bicyclic) bond motifs is 1. The van der Waals surface area contributed by atoms with E-state index in [-0.39, 0.29) is 0 Å². The fourth-order valence-electron chi connectivity index (χ4n) is 1.67. The Hall–Kier alpha value is -0.570. The predicted molar refractivity (Wildman–Crippen MR) is 45.9 cm³/mol. The molecular weight excluding hydrogens is 138 g/mol. The molecule has 0 unspecified atom stereocenters. The Morgan fingerprint density at radius 3 is 2.91 bits per heavy atom. The largest absolute Gasteiger partial charge is 0.367 e. The molecule has 2 rings (SSSR count). The summed E-state index contributed by atoms with van der Waals surface area (Å²) < 4.78 is 0. The summed E-state index contributed by atoms with van der Waals surface area (Å²) in [7, 11) is 0. The van der Waals surface area contributed by atoms with Crippen LogP contribution < -0.4 is 10.6 Å². The van der Waals surface area contributed by atoms with E-state index in [0.29, 0.717) is 18.0 Å². The first-order valence-electron chi connectivity index (χ1n) is 4.32. The van der Waals surface area contributed by atoms with Crippen LogP contribution in [0.1, 0.15) is 13.8 Å². The molecule has 2 atom stereocenters. The topological polar surface area (TPSA) is 36.4 Å². The first kappa shape index (κ1) is 7.10. The van der Waals surface area contributed by atoms with Gasteiger partial charge in [-0.25, -0.2) is 0 Å². The van der Waals surface area contributed by atoms with Crippen molar-refractivity contribution in [1.29, 1.82) is 0 Å². The molecule has 2 N–H and O–H groups in total. The SMILES string of the molecule is CC(C)C1=N[C@@H]2CNC[C@@H]2N1. The van der Waals surface area contributed by atoms with Gasteiger partial charge in [0.1, 0.15) is 0 Å². The molecule has 0 amide bonds. The summed E-state index contributed by atoms with van der Waals surface area (Å²) >= 11 is 0. The van der Waals surface area contributed by atoms with Crippen molar-refractivity contribution in [3.05, 3.63) is 0 Å². The standard InChI is InChI=1S/C8H15N3/c1-5(2)8-10-6-3-9-4-7(6)11-8/h5-7,9H,3-4H2,1-2H3,(H,10,11)/t6-,7+. The van der Waals surface area contributed by atoms with Gasteiger partial charge >= 0.3 is 0 Å². The van der Waals surface area contributed by atoms with Crippen LogP contribution in [0.4, 0.5) is 0 Å². The average molecular weight is 153 g/mol. The minimum absolute atomic E-state index is 0.507. The van der Waals surface area contributed by atoms with E-state index in [9.17, 15) is 0 Å². The number of nitrogens with one attached hydrogen (secondary N) is 2. The lowest BCUT2D eigenvalue weighted by atomic mass is 10.2. The monoisotopic (exact) mass is 153 g/mol. The van der Waals surface area contributed by atoms with E-state index < -0.39 is 0 Å². The van der Waals surface area contributed by atoms with Gasteiger partial charge in [-0.15, -0.1) is 0 Å². The number of hydrogen-bond donors (Lipinski definition) is 2. The van der Waals surface area contributed by atoms with Gasteiger partial charge in [-0.2, -0.15) is 0 Å². The van der Waals surface area contributed by atoms with Crippen LogP contribution >= 0.6 is 0 Å². The Morgan fingerprint density at radius 1 is 1.45 bits per heavy atom. The molecule has 3 nitrogen and oxygen atoms in total. The van der Waals surface area contributed by atoms with Gasteiger partial charge in [0.05, 0.1) is 17.9 Å². The summed E-state index contributed by atoms with van der Waals surface area (Å²) in [6.45, 7) is 6.49. The van der Waals surface area contributed by atoms with E-state index in [2.05, 4.69) is 29.5 Å². The fraction of sp³-hybridized carbons (Fsp3) is 0.875. The summed E-state index contributed by atoms with van der Waals surface area (Å²) in [5.74, 6) is 1.75. The maximum absolute atomic E-state index is 4.59. The number of rotatable bonds is 1. The summed E-state index contributed by atoms with van der Waals surface area (Å²) in [6.07, 6.45) is 0. The van der Waals surface area contributed by atoms with Gasteiger partial charge in [-0.1, -0.05) is 13.8 Å². The second kappa shape index (κ2) is 2.48. The highest BCUT2D eigenvalue weighted by molar-refractivity contribution is 5.86. The van der Waals surface area contributed by atoms with E-state index in [1.54, 1.807) is 0 Å². The highest BCUT2D eigenvalue weighted by Gasteiger charge is 2.32. The van der Waals surface area contributed by atoms with Gasteiger partial charge in [-0.3, -0.25) is 4.99 Å². The lowest BCUT2D eigenvalue weighted by Crippen LogP contribution is -2.36. The quantitative estimate of drug-likeness (QED) is 0.555. The van der Waals surface area contributed by atoms with Crippen LogP contribution in [0.15, 0.2) is 4.99 Å². The van der Waals surface area contributed by atoms with E-state index in [0.717, 1.165) is 13.1 Å². The van der Waals surface area contributed by atoms with Crippen molar-refractivity contribution in [3.63, 3.8) is 0 Å². The summed E-state index contributed by atoms with van der Waals surface area (Å²) in [5, 5.41) is 6.75. The van der Waals surface area contributed by atoms with E-state index in [1.165, 1.54) is 5.84 Å². The maximum atomic E-state index is 4.59. The molecule has 0 aliphatic carbocycles.